The molecule has 0 saturated carbocycles. The molecule has 4 nitrogen and oxygen atoms in total. The first-order valence-corrected chi connectivity index (χ1v) is 13.5. The van der Waals surface area contributed by atoms with Gasteiger partial charge in [0.2, 0.25) is 0 Å². The third kappa shape index (κ3) is 8.16. The van der Waals surface area contributed by atoms with E-state index in [-0.39, 0.29) is 5.78 Å². The number of benzene rings is 5. The highest BCUT2D eigenvalue weighted by atomic mass is 16.5. The van der Waals surface area contributed by atoms with Crippen molar-refractivity contribution in [1.29, 1.82) is 0 Å². The minimum atomic E-state index is -0.0860. The standard InChI is InChI=1S/C36H32NO3/c38-36(25-31-16-10-21-35(24-31)40-33-18-8-3-9-19-33)32-17-11-20-34(26-32)39-23-22-37(27-29-12-4-1-5-13-29)28-30-14-6-2-7-15-30/h1-21,24-26H,22-23,27-28H2. The highest BCUT2D eigenvalue weighted by Gasteiger charge is 2.11. The van der Waals surface area contributed by atoms with E-state index < -0.39 is 0 Å². The Hall–Kier alpha value is -4.67. The van der Waals surface area contributed by atoms with Crippen LogP contribution in [0.3, 0.4) is 0 Å². The van der Waals surface area contributed by atoms with Gasteiger partial charge in [-0.2, -0.15) is 0 Å². The van der Waals surface area contributed by atoms with Crippen molar-refractivity contribution >= 4 is 5.78 Å². The van der Waals surface area contributed by atoms with Crippen molar-refractivity contribution in [3.05, 3.63) is 168 Å². The Labute approximate surface area is 236 Å². The molecule has 0 heterocycles. The summed E-state index contributed by atoms with van der Waals surface area (Å²) in [7, 11) is 0. The van der Waals surface area contributed by atoms with Gasteiger partial charge in [0.15, 0.2) is 5.78 Å². The Bertz CT molecular complexity index is 1450. The molecule has 0 N–H and O–H groups in total. The van der Waals surface area contributed by atoms with Gasteiger partial charge >= 0.3 is 0 Å². The lowest BCUT2D eigenvalue weighted by Gasteiger charge is -2.23. The van der Waals surface area contributed by atoms with Crippen LogP contribution in [0.4, 0.5) is 0 Å². The van der Waals surface area contributed by atoms with E-state index in [4.69, 9.17) is 9.47 Å². The zero-order valence-electron chi connectivity index (χ0n) is 22.4. The number of carbonyl (C=O) groups excluding carboxylic acids is 1. The van der Waals surface area contributed by atoms with E-state index in [1.165, 1.54) is 11.1 Å². The maximum absolute atomic E-state index is 13.1. The van der Waals surface area contributed by atoms with Crippen LogP contribution in [0.2, 0.25) is 0 Å². The lowest BCUT2D eigenvalue weighted by Crippen LogP contribution is -2.27. The fourth-order valence-electron chi connectivity index (χ4n) is 4.46. The molecule has 0 saturated heterocycles. The van der Waals surface area contributed by atoms with Crippen LogP contribution in [0.25, 0.3) is 0 Å². The minimum Gasteiger partial charge on any atom is -0.492 e. The second kappa shape index (κ2) is 13.9. The maximum atomic E-state index is 13.1. The normalized spacial score (nSPS) is 10.8. The van der Waals surface area contributed by atoms with Gasteiger partial charge in [-0.05, 0) is 53.1 Å². The lowest BCUT2D eigenvalue weighted by atomic mass is 10.0. The van der Waals surface area contributed by atoms with Crippen molar-refractivity contribution < 1.29 is 14.3 Å². The third-order valence-electron chi connectivity index (χ3n) is 6.43. The number of nitrogens with zero attached hydrogens (tertiary/aromatic N) is 1. The van der Waals surface area contributed by atoms with Gasteiger partial charge in [0.25, 0.3) is 0 Å². The average molecular weight is 527 g/mol. The molecule has 0 bridgehead atoms. The van der Waals surface area contributed by atoms with E-state index in [0.717, 1.165) is 30.9 Å². The highest BCUT2D eigenvalue weighted by Crippen LogP contribution is 2.24. The van der Waals surface area contributed by atoms with E-state index in [2.05, 4.69) is 53.4 Å². The Morgan fingerprint density at radius 2 is 1.18 bits per heavy atom. The van der Waals surface area contributed by atoms with Crippen molar-refractivity contribution in [2.24, 2.45) is 0 Å². The summed E-state index contributed by atoms with van der Waals surface area (Å²) in [6.07, 6.45) is 1.62. The SMILES string of the molecule is O=C([CH]c1cccc(Oc2ccccc2)c1)c1cccc(OCCN(Cc2ccccc2)Cc2ccccc2)c1. The quantitative estimate of drug-likeness (QED) is 0.146. The molecule has 0 atom stereocenters. The molecule has 5 aromatic rings. The molecule has 199 valence electrons. The largest absolute Gasteiger partial charge is 0.492 e. The number of hydrogen-bond acceptors (Lipinski definition) is 4. The molecule has 5 rings (SSSR count). The van der Waals surface area contributed by atoms with Gasteiger partial charge < -0.3 is 9.47 Å². The third-order valence-corrected chi connectivity index (χ3v) is 6.43. The van der Waals surface area contributed by atoms with Crippen molar-refractivity contribution in [2.75, 3.05) is 13.2 Å². The van der Waals surface area contributed by atoms with E-state index in [9.17, 15) is 4.79 Å². The van der Waals surface area contributed by atoms with Crippen LogP contribution in [0, 0.1) is 6.42 Å². The average Bonchev–Trinajstić information content (AvgIpc) is 2.99. The van der Waals surface area contributed by atoms with Crippen LogP contribution in [-0.4, -0.2) is 23.8 Å². The summed E-state index contributed by atoms with van der Waals surface area (Å²) in [5.74, 6) is 2.03. The van der Waals surface area contributed by atoms with Crippen molar-refractivity contribution in [2.45, 2.75) is 13.1 Å². The first kappa shape index (κ1) is 26.9. The van der Waals surface area contributed by atoms with Crippen LogP contribution in [-0.2, 0) is 13.1 Å². The van der Waals surface area contributed by atoms with Crippen LogP contribution in [0.5, 0.6) is 17.2 Å². The van der Waals surface area contributed by atoms with Crippen molar-refractivity contribution in [1.82, 2.24) is 4.90 Å². The smallest absolute Gasteiger partial charge is 0.171 e. The maximum Gasteiger partial charge on any atom is 0.171 e. The first-order valence-electron chi connectivity index (χ1n) is 13.5. The highest BCUT2D eigenvalue weighted by molar-refractivity contribution is 6.05. The van der Waals surface area contributed by atoms with Gasteiger partial charge in [-0.25, -0.2) is 0 Å². The van der Waals surface area contributed by atoms with Crippen LogP contribution in [0.1, 0.15) is 27.0 Å². The van der Waals surface area contributed by atoms with Crippen molar-refractivity contribution in [3.8, 4) is 17.2 Å². The van der Waals surface area contributed by atoms with E-state index >= 15 is 0 Å². The van der Waals surface area contributed by atoms with Gasteiger partial charge in [-0.3, -0.25) is 9.69 Å². The molecule has 0 fully saturated rings. The van der Waals surface area contributed by atoms with Crippen LogP contribution in [0.15, 0.2) is 140 Å². The Kier molecular flexibility index (Phi) is 9.37. The number of para-hydroxylation sites is 1. The fraction of sp³-hybridized carbons (Fsp3) is 0.111. The Morgan fingerprint density at radius 3 is 1.85 bits per heavy atom. The van der Waals surface area contributed by atoms with Gasteiger partial charge in [-0.1, -0.05) is 103 Å². The zero-order valence-corrected chi connectivity index (χ0v) is 22.4. The second-order valence-electron chi connectivity index (χ2n) is 9.55. The Balaban J connectivity index is 1.18. The number of ether oxygens (including phenoxy) is 2. The van der Waals surface area contributed by atoms with E-state index in [1.54, 1.807) is 6.42 Å². The molecule has 0 aliphatic heterocycles. The molecule has 1 radical (unpaired) electrons. The van der Waals surface area contributed by atoms with Crippen LogP contribution >= 0.6 is 0 Å². The van der Waals surface area contributed by atoms with E-state index in [1.807, 2.05) is 91.0 Å². The summed E-state index contributed by atoms with van der Waals surface area (Å²) in [6.45, 7) is 2.93. The summed E-state index contributed by atoms with van der Waals surface area (Å²) >= 11 is 0. The Morgan fingerprint density at radius 1 is 0.600 bits per heavy atom. The number of rotatable bonds is 13. The molecule has 0 aliphatic rings. The summed E-state index contributed by atoms with van der Waals surface area (Å²) in [5, 5.41) is 0. The van der Waals surface area contributed by atoms with Crippen molar-refractivity contribution in [3.63, 3.8) is 0 Å². The molecule has 0 amide bonds. The summed E-state index contributed by atoms with van der Waals surface area (Å²) < 4.78 is 12.0. The summed E-state index contributed by atoms with van der Waals surface area (Å²) in [6, 6.07) is 45.4. The fourth-order valence-corrected chi connectivity index (χ4v) is 4.46. The molecule has 0 aliphatic carbocycles. The monoisotopic (exact) mass is 526 g/mol. The molecule has 40 heavy (non-hydrogen) atoms. The van der Waals surface area contributed by atoms with Crippen LogP contribution < -0.4 is 9.47 Å². The first-order chi connectivity index (χ1) is 19.7. The molecular formula is C36H32NO3. The minimum absolute atomic E-state index is 0.0860. The summed E-state index contributed by atoms with van der Waals surface area (Å²) in [5.41, 5.74) is 3.89. The van der Waals surface area contributed by atoms with Gasteiger partial charge in [0, 0.05) is 25.2 Å². The summed E-state index contributed by atoms with van der Waals surface area (Å²) in [4.78, 5) is 15.4. The number of Topliss-reactive ketones (excluding diaryl/α,β-unsaturated/α-hetero) is 1. The van der Waals surface area contributed by atoms with Gasteiger partial charge in [0.05, 0.1) is 6.42 Å². The lowest BCUT2D eigenvalue weighted by molar-refractivity contribution is 0.103. The molecule has 4 heteroatoms. The topological polar surface area (TPSA) is 38.8 Å². The predicted molar refractivity (Wildman–Crippen MR) is 160 cm³/mol. The number of ketones is 1. The molecule has 0 aromatic heterocycles. The molecule has 5 aromatic carbocycles. The molecule has 0 spiro atoms. The molecule has 0 unspecified atom stereocenters. The van der Waals surface area contributed by atoms with Gasteiger partial charge in [0.1, 0.15) is 23.9 Å². The molecular weight excluding hydrogens is 494 g/mol. The van der Waals surface area contributed by atoms with Gasteiger partial charge in [-0.15, -0.1) is 0 Å². The predicted octanol–water partition coefficient (Wildman–Crippen LogP) is 8.00. The number of hydrogen-bond donors (Lipinski definition) is 0. The second-order valence-corrected chi connectivity index (χ2v) is 9.55. The zero-order chi connectivity index (χ0) is 27.4. The van der Waals surface area contributed by atoms with E-state index in [0.29, 0.717) is 23.7 Å². The number of carbonyl (C=O) groups is 1.